The van der Waals surface area contributed by atoms with Gasteiger partial charge in [-0.15, -0.1) is 0 Å². The minimum atomic E-state index is -0.103. The van der Waals surface area contributed by atoms with Gasteiger partial charge in [0.15, 0.2) is 0 Å². The molecule has 1 amide bonds. The molecule has 0 unspecified atom stereocenters. The monoisotopic (exact) mass is 258 g/mol. The summed E-state index contributed by atoms with van der Waals surface area (Å²) in [5.74, 6) is 0.214. The van der Waals surface area contributed by atoms with Crippen LogP contribution in [0.2, 0.25) is 0 Å². The van der Waals surface area contributed by atoms with Crippen molar-refractivity contribution in [2.45, 2.75) is 27.2 Å². The maximum absolute atomic E-state index is 11.2. The number of amides is 1. The first-order valence-corrected chi connectivity index (χ1v) is 6.33. The largest absolute Gasteiger partial charge is 0.295 e. The van der Waals surface area contributed by atoms with Crippen molar-refractivity contribution < 1.29 is 4.79 Å². The second kappa shape index (κ2) is 7.92. The fourth-order valence-electron chi connectivity index (χ4n) is 1.31. The molecule has 0 fully saturated rings. The number of hydrogen-bond donors (Lipinski definition) is 1. The predicted octanol–water partition coefficient (Wildman–Crippen LogP) is 2.91. The third-order valence-corrected chi connectivity index (χ3v) is 2.19. The average molecular weight is 258 g/mol. The van der Waals surface area contributed by atoms with E-state index in [-0.39, 0.29) is 5.91 Å². The average Bonchev–Trinajstić information content (AvgIpc) is 2.50. The van der Waals surface area contributed by atoms with Gasteiger partial charge in [-0.1, -0.05) is 20.8 Å². The Kier molecular flexibility index (Phi) is 6.15. The molecule has 0 radical (unpaired) electrons. The molecular weight excluding hydrogens is 240 g/mol. The molecule has 19 heavy (non-hydrogen) atoms. The number of nitrogens with zero attached hydrogens (tertiary/aromatic N) is 3. The van der Waals surface area contributed by atoms with Crippen molar-refractivity contribution in [1.29, 1.82) is 0 Å². The van der Waals surface area contributed by atoms with E-state index < -0.39 is 0 Å². The summed E-state index contributed by atoms with van der Waals surface area (Å²) < 4.78 is 0. The van der Waals surface area contributed by atoms with Gasteiger partial charge in [0.25, 0.3) is 0 Å². The van der Waals surface area contributed by atoms with E-state index in [0.717, 1.165) is 11.3 Å². The Morgan fingerprint density at radius 3 is 2.68 bits per heavy atom. The van der Waals surface area contributed by atoms with Crippen LogP contribution in [0.4, 0.5) is 5.95 Å². The topological polar surface area (TPSA) is 67.8 Å². The third-order valence-electron chi connectivity index (χ3n) is 2.19. The van der Waals surface area contributed by atoms with Crippen LogP contribution in [0.3, 0.4) is 0 Å². The zero-order valence-electron chi connectivity index (χ0n) is 11.4. The minimum absolute atomic E-state index is 0.103. The third kappa shape index (κ3) is 4.46. The van der Waals surface area contributed by atoms with Gasteiger partial charge in [0.05, 0.1) is 5.69 Å². The summed E-state index contributed by atoms with van der Waals surface area (Å²) in [6.45, 7) is 5.78. The molecule has 0 aliphatic rings. The first-order valence-electron chi connectivity index (χ1n) is 6.33. The number of pyridine rings is 1. The van der Waals surface area contributed by atoms with Crippen molar-refractivity contribution in [3.8, 4) is 11.3 Å². The van der Waals surface area contributed by atoms with E-state index in [9.17, 15) is 4.79 Å². The first-order chi connectivity index (χ1) is 9.29. The van der Waals surface area contributed by atoms with E-state index >= 15 is 0 Å². The molecule has 0 saturated heterocycles. The lowest BCUT2D eigenvalue weighted by Gasteiger charge is -2.04. The van der Waals surface area contributed by atoms with Crippen LogP contribution in [0.15, 0.2) is 36.8 Å². The quantitative estimate of drug-likeness (QED) is 0.919. The molecule has 2 aromatic rings. The Balaban J connectivity index is 0.000000861. The van der Waals surface area contributed by atoms with Crippen molar-refractivity contribution in [2.24, 2.45) is 0 Å². The SMILES string of the molecule is CC.CCC(=O)Nc1nccc(-c2cccnc2)n1. The van der Waals surface area contributed by atoms with E-state index in [1.807, 2.05) is 26.0 Å². The molecule has 0 spiro atoms. The molecule has 0 aliphatic heterocycles. The Bertz CT molecular complexity index is 514. The minimum Gasteiger partial charge on any atom is -0.295 e. The summed E-state index contributed by atoms with van der Waals surface area (Å²) >= 11 is 0. The second-order valence-electron chi connectivity index (χ2n) is 3.41. The molecular formula is C14H18N4O. The van der Waals surface area contributed by atoms with E-state index in [0.29, 0.717) is 12.4 Å². The lowest BCUT2D eigenvalue weighted by atomic mass is 10.2. The summed E-state index contributed by atoms with van der Waals surface area (Å²) in [7, 11) is 0. The Morgan fingerprint density at radius 1 is 1.26 bits per heavy atom. The zero-order valence-corrected chi connectivity index (χ0v) is 11.4. The van der Waals surface area contributed by atoms with Gasteiger partial charge in [-0.05, 0) is 18.2 Å². The van der Waals surface area contributed by atoms with Crippen LogP contribution in [0, 0.1) is 0 Å². The second-order valence-corrected chi connectivity index (χ2v) is 3.41. The molecule has 0 atom stereocenters. The Hall–Kier alpha value is -2.30. The lowest BCUT2D eigenvalue weighted by molar-refractivity contribution is -0.115. The van der Waals surface area contributed by atoms with Gasteiger partial charge < -0.3 is 0 Å². The summed E-state index contributed by atoms with van der Waals surface area (Å²) in [6.07, 6.45) is 5.43. The molecule has 2 rings (SSSR count). The summed E-state index contributed by atoms with van der Waals surface area (Å²) in [4.78, 5) is 23.5. The zero-order chi connectivity index (χ0) is 14.1. The summed E-state index contributed by atoms with van der Waals surface area (Å²) in [5, 5.41) is 2.62. The van der Waals surface area contributed by atoms with Gasteiger partial charge in [0, 0.05) is 30.6 Å². The van der Waals surface area contributed by atoms with Crippen molar-refractivity contribution in [3.63, 3.8) is 0 Å². The lowest BCUT2D eigenvalue weighted by Crippen LogP contribution is -2.12. The van der Waals surface area contributed by atoms with Crippen LogP contribution >= 0.6 is 0 Å². The van der Waals surface area contributed by atoms with Crippen molar-refractivity contribution in [1.82, 2.24) is 15.0 Å². The smallest absolute Gasteiger partial charge is 0.229 e. The van der Waals surface area contributed by atoms with Gasteiger partial charge in [0.2, 0.25) is 11.9 Å². The fourth-order valence-corrected chi connectivity index (χ4v) is 1.31. The number of carbonyl (C=O) groups excluding carboxylic acids is 1. The predicted molar refractivity (Wildman–Crippen MR) is 75.5 cm³/mol. The molecule has 0 saturated carbocycles. The van der Waals surface area contributed by atoms with Crippen LogP contribution < -0.4 is 5.32 Å². The van der Waals surface area contributed by atoms with Gasteiger partial charge >= 0.3 is 0 Å². The van der Waals surface area contributed by atoms with Crippen molar-refractivity contribution >= 4 is 11.9 Å². The van der Waals surface area contributed by atoms with Crippen molar-refractivity contribution in [2.75, 3.05) is 5.32 Å². The van der Waals surface area contributed by atoms with Crippen molar-refractivity contribution in [3.05, 3.63) is 36.8 Å². The maximum Gasteiger partial charge on any atom is 0.229 e. The number of hydrogen-bond acceptors (Lipinski definition) is 4. The van der Waals surface area contributed by atoms with E-state index in [1.54, 1.807) is 31.6 Å². The highest BCUT2D eigenvalue weighted by atomic mass is 16.1. The highest BCUT2D eigenvalue weighted by Gasteiger charge is 2.04. The Morgan fingerprint density at radius 2 is 2.05 bits per heavy atom. The highest BCUT2D eigenvalue weighted by molar-refractivity contribution is 5.88. The van der Waals surface area contributed by atoms with Crippen LogP contribution in [0.5, 0.6) is 0 Å². The molecule has 100 valence electrons. The molecule has 0 bridgehead atoms. The van der Waals surface area contributed by atoms with Crippen LogP contribution in [0.1, 0.15) is 27.2 Å². The fraction of sp³-hybridized carbons (Fsp3) is 0.286. The van der Waals surface area contributed by atoms with E-state index in [4.69, 9.17) is 0 Å². The van der Waals surface area contributed by atoms with Crippen LogP contribution in [-0.2, 0) is 4.79 Å². The number of aromatic nitrogens is 3. The van der Waals surface area contributed by atoms with Gasteiger partial charge in [-0.2, -0.15) is 0 Å². The van der Waals surface area contributed by atoms with Crippen LogP contribution in [0.25, 0.3) is 11.3 Å². The number of carbonyl (C=O) groups is 1. The molecule has 2 aromatic heterocycles. The maximum atomic E-state index is 11.2. The molecule has 1 N–H and O–H groups in total. The number of rotatable bonds is 3. The standard InChI is InChI=1S/C12H12N4O.C2H6/c1-2-11(17)16-12-14-7-5-10(15-12)9-4-3-6-13-8-9;1-2/h3-8H,2H2,1H3,(H,14,15,16,17);1-2H3. The molecule has 0 aromatic carbocycles. The summed E-state index contributed by atoms with van der Waals surface area (Å²) in [5.41, 5.74) is 1.63. The molecule has 5 nitrogen and oxygen atoms in total. The highest BCUT2D eigenvalue weighted by Crippen LogP contribution is 2.15. The van der Waals surface area contributed by atoms with Crippen LogP contribution in [-0.4, -0.2) is 20.9 Å². The van der Waals surface area contributed by atoms with Gasteiger partial charge in [-0.25, -0.2) is 9.97 Å². The molecule has 2 heterocycles. The van der Waals surface area contributed by atoms with Gasteiger partial charge in [0.1, 0.15) is 0 Å². The number of nitrogens with one attached hydrogen (secondary N) is 1. The molecule has 0 aliphatic carbocycles. The summed E-state index contributed by atoms with van der Waals surface area (Å²) in [6, 6.07) is 5.51. The Labute approximate surface area is 113 Å². The normalized spacial score (nSPS) is 9.21. The molecule has 5 heteroatoms. The van der Waals surface area contributed by atoms with E-state index in [1.165, 1.54) is 0 Å². The van der Waals surface area contributed by atoms with E-state index in [2.05, 4.69) is 20.3 Å². The van der Waals surface area contributed by atoms with Gasteiger partial charge in [-0.3, -0.25) is 15.1 Å². The number of anilines is 1. The first kappa shape index (κ1) is 14.8.